The predicted molar refractivity (Wildman–Crippen MR) is 332 cm³/mol. The SMILES string of the molecule is CC(C)C(=O)C1=CC=CC1.CC(C)C(=O)C1=CCC=C1.CC(C)C(=O)C1CCCC1.CC(C)C(=O)C1CCCC1.CC(C)CC1=CC=CC1.CC(C)CC1=CCC=C1.CC(C)CC1CCCC1.CC(C)CC1CCCC1. The number of Topliss-reactive ketones (excluding diaryl/α,β-unsaturated/α-hetero) is 4. The molecule has 76 heavy (non-hydrogen) atoms. The van der Waals surface area contributed by atoms with Crippen LogP contribution in [0.4, 0.5) is 0 Å². The first kappa shape index (κ1) is 70.6. The molecular formula is C72H120O4. The largest absolute Gasteiger partial charge is 0.299 e. The van der Waals surface area contributed by atoms with Crippen LogP contribution in [0.2, 0.25) is 0 Å². The molecule has 0 N–H and O–H groups in total. The number of carbonyl (C=O) groups is 4. The van der Waals surface area contributed by atoms with Crippen molar-refractivity contribution in [2.24, 2.45) is 71.0 Å². The zero-order valence-corrected chi connectivity index (χ0v) is 52.5. The van der Waals surface area contributed by atoms with Crippen LogP contribution in [0.3, 0.4) is 0 Å². The molecule has 0 bridgehead atoms. The molecule has 4 heteroatoms. The molecule has 4 saturated carbocycles. The molecule has 0 saturated heterocycles. The number of hydrogen-bond donors (Lipinski definition) is 0. The van der Waals surface area contributed by atoms with Gasteiger partial charge in [-0.05, 0) is 118 Å². The van der Waals surface area contributed by atoms with Crippen LogP contribution in [0.1, 0.15) is 265 Å². The maximum atomic E-state index is 11.3. The van der Waals surface area contributed by atoms with Crippen LogP contribution in [-0.2, 0) is 19.2 Å². The molecule has 4 fully saturated rings. The summed E-state index contributed by atoms with van der Waals surface area (Å²) in [6.07, 6.45) is 56.4. The molecule has 4 nitrogen and oxygen atoms in total. The fraction of sp³-hybridized carbons (Fsp3) is 0.722. The van der Waals surface area contributed by atoms with E-state index in [4.69, 9.17) is 0 Å². The molecule has 0 heterocycles. The molecule has 0 unspecified atom stereocenters. The van der Waals surface area contributed by atoms with Gasteiger partial charge in [-0.3, -0.25) is 19.2 Å². The number of carbonyl (C=O) groups excluding carboxylic acids is 4. The molecule has 0 amide bonds. The summed E-state index contributed by atoms with van der Waals surface area (Å²) in [6, 6.07) is 0. The highest BCUT2D eigenvalue weighted by Gasteiger charge is 2.25. The second-order valence-corrected chi connectivity index (χ2v) is 26.4. The van der Waals surface area contributed by atoms with Gasteiger partial charge in [0, 0.05) is 41.1 Å². The summed E-state index contributed by atoms with van der Waals surface area (Å²) in [5.41, 5.74) is 4.94. The highest BCUT2D eigenvalue weighted by molar-refractivity contribution is 5.99. The quantitative estimate of drug-likeness (QED) is 0.154. The molecule has 0 aromatic carbocycles. The van der Waals surface area contributed by atoms with Gasteiger partial charge in [-0.25, -0.2) is 0 Å². The Balaban J connectivity index is 0.000000434. The summed E-state index contributed by atoms with van der Waals surface area (Å²) in [5, 5.41) is 0. The van der Waals surface area contributed by atoms with Gasteiger partial charge in [-0.1, -0.05) is 272 Å². The van der Waals surface area contributed by atoms with Crippen molar-refractivity contribution in [2.45, 2.75) is 265 Å². The average Bonchev–Trinajstić information content (AvgIpc) is 4.21. The fourth-order valence-electron chi connectivity index (χ4n) is 11.5. The summed E-state index contributed by atoms with van der Waals surface area (Å²) >= 11 is 0. The van der Waals surface area contributed by atoms with E-state index in [2.05, 4.69) is 91.8 Å². The van der Waals surface area contributed by atoms with Gasteiger partial charge in [-0.15, -0.1) is 0 Å². The van der Waals surface area contributed by atoms with Crippen LogP contribution in [-0.4, -0.2) is 23.1 Å². The van der Waals surface area contributed by atoms with Crippen molar-refractivity contribution in [3.63, 3.8) is 0 Å². The van der Waals surface area contributed by atoms with Crippen LogP contribution < -0.4 is 0 Å². The third-order valence-electron chi connectivity index (χ3n) is 15.4. The second-order valence-electron chi connectivity index (χ2n) is 26.4. The van der Waals surface area contributed by atoms with Gasteiger partial charge >= 0.3 is 0 Å². The predicted octanol–water partition coefficient (Wildman–Crippen LogP) is 21.3. The lowest BCUT2D eigenvalue weighted by Gasteiger charge is -2.10. The van der Waals surface area contributed by atoms with E-state index in [1.54, 1.807) is 5.57 Å². The monoisotopic (exact) mass is 1050 g/mol. The summed E-state index contributed by atoms with van der Waals surface area (Å²) in [4.78, 5) is 45.2. The minimum absolute atomic E-state index is 0.133. The number of allylic oxidation sites excluding steroid dienone is 16. The molecule has 0 radical (unpaired) electrons. The zero-order valence-electron chi connectivity index (χ0n) is 52.5. The standard InChI is InChI=1S/2C9H16O.2C9H12O.2C9H18.2C9H14/c4*1-7(2)9(10)8-5-3-4-6-8;4*1-8(2)7-9-5-3-4-6-9/h2*7-8H,3-6H2,1-2H3;3,5-7H,4H2,1-2H3;3-5,7H,6H2,1-2H3;2*8-9H,3-7H2,1-2H3;3,5-6,8H,4,7H2,1-2H3;3-5,8H,6-7H2,1-2H3. The molecule has 8 rings (SSSR count). The number of hydrogen-bond acceptors (Lipinski definition) is 4. The third kappa shape index (κ3) is 33.8. The molecular weight excluding hydrogens is 929 g/mol. The summed E-state index contributed by atoms with van der Waals surface area (Å²) in [7, 11) is 0. The van der Waals surface area contributed by atoms with E-state index in [1.807, 2.05) is 91.8 Å². The first-order chi connectivity index (χ1) is 36.0. The third-order valence-corrected chi connectivity index (χ3v) is 15.4. The van der Waals surface area contributed by atoms with Gasteiger partial charge in [0.25, 0.3) is 0 Å². The van der Waals surface area contributed by atoms with Crippen molar-refractivity contribution in [2.75, 3.05) is 0 Å². The van der Waals surface area contributed by atoms with Gasteiger partial charge < -0.3 is 0 Å². The highest BCUT2D eigenvalue weighted by Crippen LogP contribution is 2.32. The first-order valence-electron chi connectivity index (χ1n) is 31.6. The molecule has 0 aromatic rings. The smallest absolute Gasteiger partial charge is 0.165 e. The Labute approximate surface area is 471 Å². The zero-order chi connectivity index (χ0) is 57.0. The van der Waals surface area contributed by atoms with Crippen LogP contribution in [0.15, 0.2) is 95.2 Å². The minimum Gasteiger partial charge on any atom is -0.299 e. The van der Waals surface area contributed by atoms with Crippen molar-refractivity contribution in [1.29, 1.82) is 0 Å². The van der Waals surface area contributed by atoms with Gasteiger partial charge in [0.2, 0.25) is 0 Å². The highest BCUT2D eigenvalue weighted by atomic mass is 16.1. The summed E-state index contributed by atoms with van der Waals surface area (Å²) in [5.74, 6) is 8.77. The van der Waals surface area contributed by atoms with Crippen LogP contribution in [0.25, 0.3) is 0 Å². The van der Waals surface area contributed by atoms with E-state index in [1.165, 1.54) is 115 Å². The van der Waals surface area contributed by atoms with Gasteiger partial charge in [-0.2, -0.15) is 0 Å². The Morgan fingerprint density at radius 1 is 0.421 bits per heavy atom. The van der Waals surface area contributed by atoms with Crippen molar-refractivity contribution in [3.8, 4) is 0 Å². The lowest BCUT2D eigenvalue weighted by Crippen LogP contribution is -2.16. The minimum atomic E-state index is 0.133. The van der Waals surface area contributed by atoms with E-state index in [0.717, 1.165) is 91.6 Å². The first-order valence-corrected chi connectivity index (χ1v) is 31.6. The maximum Gasteiger partial charge on any atom is 0.165 e. The van der Waals surface area contributed by atoms with E-state index in [9.17, 15) is 19.2 Å². The Bertz CT molecular complexity index is 1800. The Kier molecular flexibility index (Phi) is 38.7. The number of rotatable bonds is 16. The topological polar surface area (TPSA) is 68.3 Å². The second kappa shape index (κ2) is 41.6. The Hall–Kier alpha value is -3.40. The van der Waals surface area contributed by atoms with Gasteiger partial charge in [0.15, 0.2) is 11.6 Å². The summed E-state index contributed by atoms with van der Waals surface area (Å²) < 4.78 is 0. The van der Waals surface area contributed by atoms with Crippen molar-refractivity contribution in [3.05, 3.63) is 95.2 Å². The molecule has 8 aliphatic rings. The lowest BCUT2D eigenvalue weighted by molar-refractivity contribution is -0.126. The van der Waals surface area contributed by atoms with Crippen molar-refractivity contribution < 1.29 is 19.2 Å². The van der Waals surface area contributed by atoms with E-state index in [0.29, 0.717) is 23.4 Å². The normalized spacial score (nSPS) is 18.7. The molecule has 0 atom stereocenters. The fourth-order valence-corrected chi connectivity index (χ4v) is 11.5. The Morgan fingerprint density at radius 3 is 1.14 bits per heavy atom. The lowest BCUT2D eigenvalue weighted by atomic mass is 9.94. The van der Waals surface area contributed by atoms with Gasteiger partial charge in [0.05, 0.1) is 0 Å². The molecule has 432 valence electrons. The molecule has 0 aliphatic heterocycles. The number of ketones is 4. The van der Waals surface area contributed by atoms with Gasteiger partial charge in [0.1, 0.15) is 11.6 Å². The average molecular weight is 1050 g/mol. The van der Waals surface area contributed by atoms with Crippen LogP contribution >= 0.6 is 0 Å². The molecule has 0 aromatic heterocycles. The van der Waals surface area contributed by atoms with Crippen LogP contribution in [0, 0.1) is 71.0 Å². The van der Waals surface area contributed by atoms with Crippen LogP contribution in [0.5, 0.6) is 0 Å². The van der Waals surface area contributed by atoms with Crippen molar-refractivity contribution in [1.82, 2.24) is 0 Å². The van der Waals surface area contributed by atoms with E-state index >= 15 is 0 Å². The maximum absolute atomic E-state index is 11.3. The van der Waals surface area contributed by atoms with E-state index < -0.39 is 0 Å². The molecule has 8 aliphatic carbocycles. The molecule has 0 spiro atoms. The van der Waals surface area contributed by atoms with E-state index in [-0.39, 0.29) is 35.2 Å². The Morgan fingerprint density at radius 2 is 0.829 bits per heavy atom. The summed E-state index contributed by atoms with van der Waals surface area (Å²) in [6.45, 7) is 34.1. The van der Waals surface area contributed by atoms with Crippen molar-refractivity contribution >= 4 is 23.1 Å².